The van der Waals surface area contributed by atoms with Gasteiger partial charge in [-0.2, -0.15) is 0 Å². The minimum absolute atomic E-state index is 0.0764. The number of rotatable bonds is 6. The van der Waals surface area contributed by atoms with Gasteiger partial charge in [0.25, 0.3) is 11.7 Å². The summed E-state index contributed by atoms with van der Waals surface area (Å²) < 4.78 is 10.3. The highest BCUT2D eigenvalue weighted by molar-refractivity contribution is 6.46. The molecular formula is C21H21NO5. The third kappa shape index (κ3) is 3.57. The molecule has 140 valence electrons. The molecule has 0 saturated carbocycles. The number of Topliss-reactive ketones (excluding diaryl/α,β-unsaturated/α-hetero) is 1. The highest BCUT2D eigenvalue weighted by Crippen LogP contribution is 2.39. The molecule has 1 amide bonds. The van der Waals surface area contributed by atoms with Crippen LogP contribution in [0.4, 0.5) is 0 Å². The molecule has 1 saturated heterocycles. The van der Waals surface area contributed by atoms with Gasteiger partial charge in [-0.1, -0.05) is 42.5 Å². The predicted molar refractivity (Wildman–Crippen MR) is 100 cm³/mol. The Morgan fingerprint density at radius 3 is 2.30 bits per heavy atom. The van der Waals surface area contributed by atoms with Gasteiger partial charge in [-0.15, -0.1) is 0 Å². The van der Waals surface area contributed by atoms with E-state index in [1.165, 1.54) is 12.0 Å². The SMILES string of the molecule is COCCN1C(=O)C(=O)/C(=C(/O)c2ccccc2)C1c1ccc(OC)cc1. The van der Waals surface area contributed by atoms with Crippen LogP contribution in [0.3, 0.4) is 0 Å². The number of nitrogens with zero attached hydrogens (tertiary/aromatic N) is 1. The lowest BCUT2D eigenvalue weighted by molar-refractivity contribution is -0.140. The summed E-state index contributed by atoms with van der Waals surface area (Å²) >= 11 is 0. The summed E-state index contributed by atoms with van der Waals surface area (Å²) in [6.45, 7) is 0.522. The fourth-order valence-corrected chi connectivity index (χ4v) is 3.18. The van der Waals surface area contributed by atoms with Gasteiger partial charge in [-0.05, 0) is 17.7 Å². The number of carbonyl (C=O) groups is 2. The molecule has 6 nitrogen and oxygen atoms in total. The Bertz CT molecular complexity index is 858. The van der Waals surface area contributed by atoms with E-state index in [2.05, 4.69) is 0 Å². The zero-order valence-corrected chi connectivity index (χ0v) is 15.2. The van der Waals surface area contributed by atoms with E-state index in [0.717, 1.165) is 0 Å². The molecule has 3 rings (SSSR count). The molecule has 1 atom stereocenters. The molecule has 1 aliphatic heterocycles. The van der Waals surface area contributed by atoms with E-state index in [4.69, 9.17) is 9.47 Å². The average Bonchev–Trinajstić information content (AvgIpc) is 2.97. The standard InChI is InChI=1S/C21H21NO5/c1-26-13-12-22-18(14-8-10-16(27-2)11-9-14)17(20(24)21(22)25)19(23)15-6-4-3-5-7-15/h3-11,18,23H,12-13H2,1-2H3/b19-17+. The van der Waals surface area contributed by atoms with Gasteiger partial charge >= 0.3 is 0 Å². The van der Waals surface area contributed by atoms with Gasteiger partial charge in [0.05, 0.1) is 25.3 Å². The van der Waals surface area contributed by atoms with Crippen LogP contribution in [0.25, 0.3) is 5.76 Å². The first-order chi connectivity index (χ1) is 13.1. The lowest BCUT2D eigenvalue weighted by atomic mass is 9.95. The molecule has 1 aliphatic rings. The first kappa shape index (κ1) is 18.7. The smallest absolute Gasteiger partial charge is 0.295 e. The summed E-state index contributed by atoms with van der Waals surface area (Å²) in [5, 5.41) is 10.8. The van der Waals surface area contributed by atoms with Gasteiger partial charge in [0.2, 0.25) is 0 Å². The monoisotopic (exact) mass is 367 g/mol. The molecule has 27 heavy (non-hydrogen) atoms. The normalized spacial score (nSPS) is 18.7. The average molecular weight is 367 g/mol. The van der Waals surface area contributed by atoms with Gasteiger partial charge in [0.15, 0.2) is 0 Å². The molecule has 1 N–H and O–H groups in total. The summed E-state index contributed by atoms with van der Waals surface area (Å²) in [6, 6.07) is 15.1. The quantitative estimate of drug-likeness (QED) is 0.483. The van der Waals surface area contributed by atoms with Crippen LogP contribution in [0.1, 0.15) is 17.2 Å². The van der Waals surface area contributed by atoms with E-state index in [0.29, 0.717) is 16.9 Å². The third-order valence-electron chi connectivity index (χ3n) is 4.56. The fourth-order valence-electron chi connectivity index (χ4n) is 3.18. The van der Waals surface area contributed by atoms with Crippen molar-refractivity contribution in [1.82, 2.24) is 4.90 Å². The second-order valence-corrected chi connectivity index (χ2v) is 6.12. The van der Waals surface area contributed by atoms with Crippen molar-refractivity contribution in [3.05, 3.63) is 71.3 Å². The van der Waals surface area contributed by atoms with Crippen LogP contribution >= 0.6 is 0 Å². The van der Waals surface area contributed by atoms with Crippen molar-refractivity contribution in [2.75, 3.05) is 27.4 Å². The number of amides is 1. The van der Waals surface area contributed by atoms with Crippen LogP contribution < -0.4 is 4.74 Å². The van der Waals surface area contributed by atoms with E-state index < -0.39 is 17.7 Å². The number of benzene rings is 2. The summed E-state index contributed by atoms with van der Waals surface area (Å²) in [7, 11) is 3.10. The second kappa shape index (κ2) is 8.05. The highest BCUT2D eigenvalue weighted by Gasteiger charge is 2.45. The summed E-state index contributed by atoms with van der Waals surface area (Å²) in [4.78, 5) is 26.8. The van der Waals surface area contributed by atoms with Crippen LogP contribution in [0.5, 0.6) is 5.75 Å². The number of carbonyl (C=O) groups excluding carboxylic acids is 2. The van der Waals surface area contributed by atoms with E-state index in [9.17, 15) is 14.7 Å². The van der Waals surface area contributed by atoms with Gasteiger partial charge < -0.3 is 19.5 Å². The Labute approximate surface area is 157 Å². The number of likely N-dealkylation sites (tertiary alicyclic amines) is 1. The Balaban J connectivity index is 2.13. The lowest BCUT2D eigenvalue weighted by Gasteiger charge is -2.25. The van der Waals surface area contributed by atoms with E-state index in [1.807, 2.05) is 6.07 Å². The Kier molecular flexibility index (Phi) is 5.57. The first-order valence-corrected chi connectivity index (χ1v) is 8.55. The first-order valence-electron chi connectivity index (χ1n) is 8.55. The molecule has 2 aromatic carbocycles. The van der Waals surface area contributed by atoms with Crippen molar-refractivity contribution in [3.63, 3.8) is 0 Å². The third-order valence-corrected chi connectivity index (χ3v) is 4.56. The van der Waals surface area contributed by atoms with Crippen molar-refractivity contribution in [3.8, 4) is 5.75 Å². The van der Waals surface area contributed by atoms with Crippen molar-refractivity contribution in [2.24, 2.45) is 0 Å². The van der Waals surface area contributed by atoms with Crippen molar-refractivity contribution in [2.45, 2.75) is 6.04 Å². The molecule has 0 radical (unpaired) electrons. The largest absolute Gasteiger partial charge is 0.507 e. The van der Waals surface area contributed by atoms with Crippen molar-refractivity contribution < 1.29 is 24.2 Å². The number of hydrogen-bond donors (Lipinski definition) is 1. The summed E-state index contributed by atoms with van der Waals surface area (Å²) in [5.74, 6) is -0.871. The van der Waals surface area contributed by atoms with Crippen LogP contribution in [0.15, 0.2) is 60.2 Å². The van der Waals surface area contributed by atoms with E-state index in [-0.39, 0.29) is 24.5 Å². The number of aliphatic hydroxyl groups excluding tert-OH is 1. The number of methoxy groups -OCH3 is 2. The zero-order chi connectivity index (χ0) is 19.4. The number of ketones is 1. The van der Waals surface area contributed by atoms with Crippen LogP contribution in [-0.2, 0) is 14.3 Å². The Morgan fingerprint density at radius 2 is 1.70 bits per heavy atom. The molecule has 0 aliphatic carbocycles. The van der Waals surface area contributed by atoms with E-state index in [1.54, 1.807) is 55.6 Å². The van der Waals surface area contributed by atoms with E-state index >= 15 is 0 Å². The van der Waals surface area contributed by atoms with Crippen molar-refractivity contribution >= 4 is 17.4 Å². The predicted octanol–water partition coefficient (Wildman–Crippen LogP) is 2.76. The van der Waals surface area contributed by atoms with Crippen molar-refractivity contribution in [1.29, 1.82) is 0 Å². The van der Waals surface area contributed by atoms with Gasteiger partial charge in [-0.3, -0.25) is 9.59 Å². The molecule has 0 spiro atoms. The molecule has 1 fully saturated rings. The molecule has 2 aromatic rings. The number of ether oxygens (including phenoxy) is 2. The maximum atomic E-state index is 12.7. The van der Waals surface area contributed by atoms with Gasteiger partial charge in [0.1, 0.15) is 11.5 Å². The minimum Gasteiger partial charge on any atom is -0.507 e. The molecular weight excluding hydrogens is 346 g/mol. The number of aliphatic hydroxyl groups is 1. The molecule has 6 heteroatoms. The molecule has 0 aromatic heterocycles. The lowest BCUT2D eigenvalue weighted by Crippen LogP contribution is -2.32. The maximum absolute atomic E-state index is 12.7. The number of hydrogen-bond acceptors (Lipinski definition) is 5. The molecule has 1 heterocycles. The van der Waals surface area contributed by atoms with Crippen LogP contribution in [-0.4, -0.2) is 49.1 Å². The molecule has 1 unspecified atom stereocenters. The maximum Gasteiger partial charge on any atom is 0.295 e. The fraction of sp³-hybridized carbons (Fsp3) is 0.238. The molecule has 0 bridgehead atoms. The highest BCUT2D eigenvalue weighted by atomic mass is 16.5. The van der Waals surface area contributed by atoms with Gasteiger partial charge in [-0.25, -0.2) is 0 Å². The zero-order valence-electron chi connectivity index (χ0n) is 15.2. The summed E-state index contributed by atoms with van der Waals surface area (Å²) in [6.07, 6.45) is 0. The van der Waals surface area contributed by atoms with Crippen LogP contribution in [0.2, 0.25) is 0 Å². The Hall–Kier alpha value is -3.12. The second-order valence-electron chi connectivity index (χ2n) is 6.12. The Morgan fingerprint density at radius 1 is 1.04 bits per heavy atom. The summed E-state index contributed by atoms with van der Waals surface area (Å²) in [5.41, 5.74) is 1.27. The minimum atomic E-state index is -0.701. The van der Waals surface area contributed by atoms with Crippen LogP contribution in [0, 0.1) is 0 Å². The topological polar surface area (TPSA) is 76.1 Å². The van der Waals surface area contributed by atoms with Gasteiger partial charge in [0, 0.05) is 19.2 Å².